The van der Waals surface area contributed by atoms with Crippen molar-refractivity contribution >= 4 is 11.0 Å². The van der Waals surface area contributed by atoms with Crippen LogP contribution in [0.2, 0.25) is 0 Å². The molecule has 0 amide bonds. The van der Waals surface area contributed by atoms with Gasteiger partial charge in [0.1, 0.15) is 18.0 Å². The zero-order valence-electron chi connectivity index (χ0n) is 7.78. The smallest absolute Gasteiger partial charge is 0.193 e. The molecule has 3 heteroatoms. The van der Waals surface area contributed by atoms with E-state index in [4.69, 9.17) is 9.52 Å². The van der Waals surface area contributed by atoms with Crippen molar-refractivity contribution in [3.05, 3.63) is 45.8 Å². The normalized spacial score (nSPS) is 10.7. The van der Waals surface area contributed by atoms with Crippen LogP contribution in [0.5, 0.6) is 0 Å². The van der Waals surface area contributed by atoms with Crippen LogP contribution in [0.25, 0.3) is 11.0 Å². The van der Waals surface area contributed by atoms with Crippen LogP contribution in [0.3, 0.4) is 0 Å². The van der Waals surface area contributed by atoms with Gasteiger partial charge < -0.3 is 9.52 Å². The monoisotopic (exact) mass is 190 g/mol. The summed E-state index contributed by atoms with van der Waals surface area (Å²) in [5.74, 6) is 0.298. The van der Waals surface area contributed by atoms with Crippen LogP contribution in [0.1, 0.15) is 11.3 Å². The maximum absolute atomic E-state index is 11.5. The molecule has 0 spiro atoms. The first-order valence-corrected chi connectivity index (χ1v) is 4.35. The Hall–Kier alpha value is -1.61. The van der Waals surface area contributed by atoms with Crippen molar-refractivity contribution in [1.82, 2.24) is 0 Å². The second-order valence-corrected chi connectivity index (χ2v) is 3.23. The molecular weight excluding hydrogens is 180 g/mol. The van der Waals surface area contributed by atoms with E-state index in [1.807, 2.05) is 13.0 Å². The van der Waals surface area contributed by atoms with Crippen molar-refractivity contribution in [1.29, 1.82) is 0 Å². The average Bonchev–Trinajstić information content (AvgIpc) is 2.19. The third kappa shape index (κ3) is 1.42. The summed E-state index contributed by atoms with van der Waals surface area (Å²) < 4.78 is 5.30. The highest BCUT2D eigenvalue weighted by Crippen LogP contribution is 2.13. The first-order chi connectivity index (χ1) is 6.70. The molecule has 14 heavy (non-hydrogen) atoms. The quantitative estimate of drug-likeness (QED) is 0.742. The average molecular weight is 190 g/mol. The van der Waals surface area contributed by atoms with Gasteiger partial charge in [0, 0.05) is 6.07 Å². The van der Waals surface area contributed by atoms with Gasteiger partial charge in [0.2, 0.25) is 0 Å². The summed E-state index contributed by atoms with van der Waals surface area (Å²) in [6.45, 7) is 1.66. The van der Waals surface area contributed by atoms with Crippen LogP contribution in [0.4, 0.5) is 0 Å². The number of benzene rings is 1. The van der Waals surface area contributed by atoms with Crippen LogP contribution in [0, 0.1) is 6.92 Å². The Labute approximate surface area is 80.6 Å². The molecule has 0 saturated carbocycles. The SMILES string of the molecule is Cc1ccc2oc(CO)cc(=O)c2c1. The number of fused-ring (bicyclic) bond motifs is 1. The summed E-state index contributed by atoms with van der Waals surface area (Å²) in [4.78, 5) is 11.5. The Kier molecular flexibility index (Phi) is 2.09. The van der Waals surface area contributed by atoms with Crippen molar-refractivity contribution in [2.45, 2.75) is 13.5 Å². The third-order valence-electron chi connectivity index (χ3n) is 2.09. The van der Waals surface area contributed by atoms with Crippen LogP contribution < -0.4 is 5.43 Å². The van der Waals surface area contributed by atoms with Crippen molar-refractivity contribution in [2.24, 2.45) is 0 Å². The van der Waals surface area contributed by atoms with E-state index in [0.717, 1.165) is 5.56 Å². The maximum atomic E-state index is 11.5. The highest BCUT2D eigenvalue weighted by atomic mass is 16.4. The molecular formula is C11H10O3. The Balaban J connectivity index is 2.83. The minimum absolute atomic E-state index is 0.112. The minimum Gasteiger partial charge on any atom is -0.458 e. The number of hydrogen-bond donors (Lipinski definition) is 1. The fraction of sp³-hybridized carbons (Fsp3) is 0.182. The summed E-state index contributed by atoms with van der Waals surface area (Å²) in [5, 5.41) is 9.40. The highest BCUT2D eigenvalue weighted by molar-refractivity contribution is 5.77. The van der Waals surface area contributed by atoms with Gasteiger partial charge in [-0.3, -0.25) is 4.79 Å². The minimum atomic E-state index is -0.251. The number of rotatable bonds is 1. The summed E-state index contributed by atoms with van der Waals surface area (Å²) in [6.07, 6.45) is 0. The summed E-state index contributed by atoms with van der Waals surface area (Å²) in [5.41, 5.74) is 1.42. The lowest BCUT2D eigenvalue weighted by Gasteiger charge is -2.00. The first kappa shape index (κ1) is 8.97. The second kappa shape index (κ2) is 3.27. The van der Waals surface area contributed by atoms with Crippen LogP contribution in [0.15, 0.2) is 33.5 Å². The van der Waals surface area contributed by atoms with Crippen molar-refractivity contribution in [2.75, 3.05) is 0 Å². The second-order valence-electron chi connectivity index (χ2n) is 3.23. The molecule has 0 fully saturated rings. The molecule has 0 aliphatic rings. The fourth-order valence-corrected chi connectivity index (χ4v) is 1.40. The maximum Gasteiger partial charge on any atom is 0.193 e. The Morgan fingerprint density at radius 1 is 1.36 bits per heavy atom. The van der Waals surface area contributed by atoms with E-state index in [0.29, 0.717) is 16.7 Å². The molecule has 0 saturated heterocycles. The molecule has 3 nitrogen and oxygen atoms in total. The predicted octanol–water partition coefficient (Wildman–Crippen LogP) is 1.59. The molecule has 0 aliphatic carbocycles. The van der Waals surface area contributed by atoms with Gasteiger partial charge >= 0.3 is 0 Å². The zero-order chi connectivity index (χ0) is 10.1. The molecule has 2 aromatic rings. The molecule has 0 atom stereocenters. The molecule has 0 aliphatic heterocycles. The van der Waals surface area contributed by atoms with Crippen molar-refractivity contribution < 1.29 is 9.52 Å². The van der Waals surface area contributed by atoms with E-state index in [1.54, 1.807) is 12.1 Å². The molecule has 0 radical (unpaired) electrons. The zero-order valence-corrected chi connectivity index (χ0v) is 7.78. The van der Waals surface area contributed by atoms with Gasteiger partial charge in [-0.25, -0.2) is 0 Å². The van der Waals surface area contributed by atoms with E-state index in [1.165, 1.54) is 6.07 Å². The lowest BCUT2D eigenvalue weighted by Crippen LogP contribution is -2.02. The fourth-order valence-electron chi connectivity index (χ4n) is 1.40. The Morgan fingerprint density at radius 2 is 2.14 bits per heavy atom. The molecule has 1 heterocycles. The van der Waals surface area contributed by atoms with Gasteiger partial charge in [0.15, 0.2) is 5.43 Å². The summed E-state index contributed by atoms with van der Waals surface area (Å²) in [6, 6.07) is 6.71. The standard InChI is InChI=1S/C11H10O3/c1-7-2-3-11-9(4-7)10(13)5-8(6-12)14-11/h2-5,12H,6H2,1H3. The van der Waals surface area contributed by atoms with Crippen molar-refractivity contribution in [3.63, 3.8) is 0 Å². The number of aryl methyl sites for hydroxylation is 1. The lowest BCUT2D eigenvalue weighted by molar-refractivity contribution is 0.249. The summed E-state index contributed by atoms with van der Waals surface area (Å²) in [7, 11) is 0. The van der Waals surface area contributed by atoms with Crippen LogP contribution in [-0.2, 0) is 6.61 Å². The predicted molar refractivity (Wildman–Crippen MR) is 53.1 cm³/mol. The van der Waals surface area contributed by atoms with Gasteiger partial charge in [-0.05, 0) is 19.1 Å². The Bertz CT molecular complexity index is 526. The molecule has 0 bridgehead atoms. The third-order valence-corrected chi connectivity index (χ3v) is 2.09. The molecule has 72 valence electrons. The van der Waals surface area contributed by atoms with E-state index in [-0.39, 0.29) is 12.0 Å². The summed E-state index contributed by atoms with van der Waals surface area (Å²) >= 11 is 0. The molecule has 2 rings (SSSR count). The first-order valence-electron chi connectivity index (χ1n) is 4.35. The van der Waals surface area contributed by atoms with Gasteiger partial charge in [-0.15, -0.1) is 0 Å². The number of hydrogen-bond acceptors (Lipinski definition) is 3. The lowest BCUT2D eigenvalue weighted by atomic mass is 10.1. The molecule has 0 unspecified atom stereocenters. The molecule has 1 aromatic heterocycles. The van der Waals surface area contributed by atoms with Gasteiger partial charge in [0.25, 0.3) is 0 Å². The van der Waals surface area contributed by atoms with E-state index in [2.05, 4.69) is 0 Å². The number of aliphatic hydroxyl groups excluding tert-OH is 1. The highest BCUT2D eigenvalue weighted by Gasteiger charge is 2.03. The largest absolute Gasteiger partial charge is 0.458 e. The van der Waals surface area contributed by atoms with Gasteiger partial charge in [-0.1, -0.05) is 11.6 Å². The van der Waals surface area contributed by atoms with Crippen LogP contribution >= 0.6 is 0 Å². The van der Waals surface area contributed by atoms with Crippen molar-refractivity contribution in [3.8, 4) is 0 Å². The topological polar surface area (TPSA) is 50.4 Å². The number of aliphatic hydroxyl groups is 1. The van der Waals surface area contributed by atoms with E-state index < -0.39 is 0 Å². The van der Waals surface area contributed by atoms with E-state index >= 15 is 0 Å². The molecule has 1 aromatic carbocycles. The van der Waals surface area contributed by atoms with Gasteiger partial charge in [0.05, 0.1) is 5.39 Å². The Morgan fingerprint density at radius 3 is 2.86 bits per heavy atom. The van der Waals surface area contributed by atoms with Crippen LogP contribution in [-0.4, -0.2) is 5.11 Å². The molecule has 1 N–H and O–H groups in total. The van der Waals surface area contributed by atoms with E-state index in [9.17, 15) is 4.79 Å². The van der Waals surface area contributed by atoms with Gasteiger partial charge in [-0.2, -0.15) is 0 Å².